The highest BCUT2D eigenvalue weighted by Gasteiger charge is 2.51. The van der Waals surface area contributed by atoms with Crippen molar-refractivity contribution in [3.05, 3.63) is 29.8 Å². The Morgan fingerprint density at radius 1 is 0.909 bits per heavy atom. The van der Waals surface area contributed by atoms with Crippen LogP contribution in [0.5, 0.6) is 5.75 Å². The lowest BCUT2D eigenvalue weighted by atomic mass is 9.96. The minimum Gasteiger partial charge on any atom is -0.478 e. The van der Waals surface area contributed by atoms with Gasteiger partial charge in [-0.1, -0.05) is 0 Å². The van der Waals surface area contributed by atoms with Gasteiger partial charge in [0.1, 0.15) is 24.5 Å². The fourth-order valence-corrected chi connectivity index (χ4v) is 3.20. The van der Waals surface area contributed by atoms with Gasteiger partial charge in [0.05, 0.1) is 5.56 Å². The van der Waals surface area contributed by atoms with Gasteiger partial charge in [0, 0.05) is 27.7 Å². The van der Waals surface area contributed by atoms with E-state index in [0.29, 0.717) is 0 Å². The number of benzene rings is 1. The normalized spacial score (nSPS) is 24.2. The zero-order chi connectivity index (χ0) is 24.7. The van der Waals surface area contributed by atoms with Crippen molar-refractivity contribution in [2.45, 2.75) is 58.3 Å². The highest BCUT2D eigenvalue weighted by atomic mass is 16.7. The predicted molar refractivity (Wildman–Crippen MR) is 108 cm³/mol. The van der Waals surface area contributed by atoms with E-state index in [1.165, 1.54) is 38.1 Å². The molecule has 1 aliphatic rings. The van der Waals surface area contributed by atoms with Crippen molar-refractivity contribution < 1.29 is 52.8 Å². The molecule has 12 nitrogen and oxygen atoms in total. The van der Waals surface area contributed by atoms with Gasteiger partial charge in [-0.05, 0) is 24.3 Å². The van der Waals surface area contributed by atoms with E-state index < -0.39 is 60.4 Å². The van der Waals surface area contributed by atoms with Gasteiger partial charge in [0.25, 0.3) is 0 Å². The van der Waals surface area contributed by atoms with Crippen LogP contribution in [-0.2, 0) is 38.1 Å². The molecule has 5 atom stereocenters. The maximum Gasteiger partial charge on any atom is 0.335 e. The zero-order valence-corrected chi connectivity index (χ0v) is 18.4. The van der Waals surface area contributed by atoms with Crippen LogP contribution in [0, 0.1) is 0 Å². The third-order valence-electron chi connectivity index (χ3n) is 4.42. The number of carbonyl (C=O) groups is 5. The molecular weight excluding hydrogens is 442 g/mol. The number of esters is 3. The van der Waals surface area contributed by atoms with Gasteiger partial charge < -0.3 is 34.1 Å². The van der Waals surface area contributed by atoms with Gasteiger partial charge in [0.2, 0.25) is 12.2 Å². The molecule has 2 N–H and O–H groups in total. The summed E-state index contributed by atoms with van der Waals surface area (Å²) in [6.45, 7) is 4.29. The minimum atomic E-state index is -1.29. The van der Waals surface area contributed by atoms with Crippen molar-refractivity contribution in [3.8, 4) is 5.75 Å². The molecule has 1 aromatic rings. The number of aromatic carboxylic acids is 1. The Morgan fingerprint density at radius 3 is 1.97 bits per heavy atom. The summed E-state index contributed by atoms with van der Waals surface area (Å²) >= 11 is 0. The predicted octanol–water partition coefficient (Wildman–Crippen LogP) is 0.420. The second kappa shape index (κ2) is 11.3. The Bertz CT molecular complexity index is 898. The molecule has 1 aromatic carbocycles. The lowest BCUT2D eigenvalue weighted by Crippen LogP contribution is -2.67. The van der Waals surface area contributed by atoms with E-state index >= 15 is 0 Å². The summed E-state index contributed by atoms with van der Waals surface area (Å²) in [5.41, 5.74) is 0.0192. The largest absolute Gasteiger partial charge is 0.478 e. The Balaban J connectivity index is 2.43. The first-order valence-electron chi connectivity index (χ1n) is 9.88. The number of carboxylic acids is 1. The summed E-state index contributed by atoms with van der Waals surface area (Å²) in [5, 5.41) is 11.6. The summed E-state index contributed by atoms with van der Waals surface area (Å²) in [6.07, 6.45) is -4.90. The highest BCUT2D eigenvalue weighted by Crippen LogP contribution is 2.29. The van der Waals surface area contributed by atoms with E-state index in [-0.39, 0.29) is 17.9 Å². The first-order valence-corrected chi connectivity index (χ1v) is 9.88. The lowest BCUT2D eigenvalue weighted by Gasteiger charge is -2.44. The molecule has 1 amide bonds. The quantitative estimate of drug-likeness (QED) is 0.402. The topological polar surface area (TPSA) is 164 Å². The molecule has 0 unspecified atom stereocenters. The van der Waals surface area contributed by atoms with Gasteiger partial charge in [-0.2, -0.15) is 0 Å². The fraction of sp³-hybridized carbons (Fsp3) is 0.476. The van der Waals surface area contributed by atoms with Gasteiger partial charge in [0.15, 0.2) is 12.2 Å². The fourth-order valence-electron chi connectivity index (χ4n) is 3.20. The SMILES string of the molecule is CC(=O)N[C@@H]1[C@H](Oc2ccc(C(=O)O)cc2)O[C@H](COC(C)=O)[C@H](OC(C)=O)[C@@H]1OC(C)=O. The summed E-state index contributed by atoms with van der Waals surface area (Å²) in [4.78, 5) is 57.8. The summed E-state index contributed by atoms with van der Waals surface area (Å²) < 4.78 is 27.3. The lowest BCUT2D eigenvalue weighted by molar-refractivity contribution is -0.257. The van der Waals surface area contributed by atoms with Crippen LogP contribution >= 0.6 is 0 Å². The van der Waals surface area contributed by atoms with Crippen LogP contribution in [0.4, 0.5) is 0 Å². The first kappa shape index (κ1) is 25.6. The van der Waals surface area contributed by atoms with Crippen LogP contribution in [0.1, 0.15) is 38.1 Å². The van der Waals surface area contributed by atoms with Crippen molar-refractivity contribution >= 4 is 29.8 Å². The van der Waals surface area contributed by atoms with Crippen LogP contribution in [0.15, 0.2) is 24.3 Å². The summed E-state index contributed by atoms with van der Waals surface area (Å²) in [6, 6.07) is 4.21. The minimum absolute atomic E-state index is 0.0192. The van der Waals surface area contributed by atoms with Gasteiger partial charge in [-0.15, -0.1) is 0 Å². The molecule has 180 valence electrons. The summed E-state index contributed by atoms with van der Waals surface area (Å²) in [5.74, 6) is -3.55. The second-order valence-corrected chi connectivity index (χ2v) is 7.17. The van der Waals surface area contributed by atoms with Crippen molar-refractivity contribution in [1.82, 2.24) is 5.32 Å². The monoisotopic (exact) mass is 467 g/mol. The van der Waals surface area contributed by atoms with Gasteiger partial charge >= 0.3 is 23.9 Å². The zero-order valence-electron chi connectivity index (χ0n) is 18.4. The molecule has 1 heterocycles. The average molecular weight is 467 g/mol. The molecule has 0 aromatic heterocycles. The molecule has 1 aliphatic heterocycles. The van der Waals surface area contributed by atoms with Crippen LogP contribution < -0.4 is 10.1 Å². The van der Waals surface area contributed by atoms with E-state index in [0.717, 1.165) is 13.8 Å². The Kier molecular flexibility index (Phi) is 8.74. The van der Waals surface area contributed by atoms with Crippen LogP contribution in [0.25, 0.3) is 0 Å². The van der Waals surface area contributed by atoms with E-state index in [4.69, 9.17) is 28.8 Å². The van der Waals surface area contributed by atoms with Crippen molar-refractivity contribution in [1.29, 1.82) is 0 Å². The second-order valence-electron chi connectivity index (χ2n) is 7.17. The Hall–Kier alpha value is -3.67. The third-order valence-corrected chi connectivity index (χ3v) is 4.42. The van der Waals surface area contributed by atoms with Gasteiger partial charge in [-0.25, -0.2) is 4.79 Å². The number of hydrogen-bond acceptors (Lipinski definition) is 10. The van der Waals surface area contributed by atoms with Crippen molar-refractivity contribution in [3.63, 3.8) is 0 Å². The molecule has 0 saturated carbocycles. The first-order chi connectivity index (χ1) is 15.5. The van der Waals surface area contributed by atoms with Gasteiger partial charge in [-0.3, -0.25) is 19.2 Å². The smallest absolute Gasteiger partial charge is 0.335 e. The average Bonchev–Trinajstić information content (AvgIpc) is 2.70. The molecular formula is C21H25NO11. The molecule has 1 fully saturated rings. The van der Waals surface area contributed by atoms with Crippen molar-refractivity contribution in [2.75, 3.05) is 6.61 Å². The number of rotatable bonds is 8. The molecule has 1 saturated heterocycles. The standard InChI is InChI=1S/C21H25NO11/c1-10(23)22-17-19(31-13(4)26)18(30-12(3)25)16(9-29-11(2)24)33-21(17)32-15-7-5-14(6-8-15)20(27)28/h5-8,16-19,21H,9H2,1-4H3,(H,22,23)(H,27,28)/t16-,17+,18+,19-,21-/m1/s1. The molecule has 0 radical (unpaired) electrons. The molecule has 0 aliphatic carbocycles. The maximum atomic E-state index is 11.9. The van der Waals surface area contributed by atoms with E-state index in [9.17, 15) is 24.0 Å². The third kappa shape index (κ3) is 7.45. The molecule has 33 heavy (non-hydrogen) atoms. The Labute approximate surface area is 189 Å². The number of amides is 1. The highest BCUT2D eigenvalue weighted by molar-refractivity contribution is 5.87. The number of nitrogens with one attached hydrogen (secondary N) is 1. The Morgan fingerprint density at radius 2 is 1.48 bits per heavy atom. The molecule has 0 bridgehead atoms. The number of hydrogen-bond donors (Lipinski definition) is 2. The molecule has 0 spiro atoms. The van der Waals surface area contributed by atoms with Crippen LogP contribution in [0.2, 0.25) is 0 Å². The van der Waals surface area contributed by atoms with Crippen LogP contribution in [0.3, 0.4) is 0 Å². The van der Waals surface area contributed by atoms with E-state index in [1.54, 1.807) is 0 Å². The van der Waals surface area contributed by atoms with Crippen molar-refractivity contribution in [2.24, 2.45) is 0 Å². The van der Waals surface area contributed by atoms with E-state index in [1.807, 2.05) is 0 Å². The maximum absolute atomic E-state index is 11.9. The number of carbonyl (C=O) groups excluding carboxylic acids is 4. The molecule has 2 rings (SSSR count). The van der Waals surface area contributed by atoms with E-state index in [2.05, 4.69) is 5.32 Å². The van der Waals surface area contributed by atoms with Crippen LogP contribution in [-0.4, -0.2) is 72.1 Å². The summed E-state index contributed by atoms with van der Waals surface area (Å²) in [7, 11) is 0. The number of carboxylic acid groups (broad SMARTS) is 1. The molecule has 12 heteroatoms. The number of ether oxygens (including phenoxy) is 5.